The third-order valence-electron chi connectivity index (χ3n) is 3.07. The quantitative estimate of drug-likeness (QED) is 0.640. The van der Waals surface area contributed by atoms with Crippen LogP contribution in [-0.4, -0.2) is 9.55 Å². The minimum Gasteiger partial charge on any atom is -0.329 e. The highest BCUT2D eigenvalue weighted by molar-refractivity contribution is 7.71. The third-order valence-corrected chi connectivity index (χ3v) is 3.67. The van der Waals surface area contributed by atoms with Gasteiger partial charge in [0.05, 0.1) is 16.1 Å². The van der Waals surface area contributed by atoms with Gasteiger partial charge in [0, 0.05) is 5.69 Å². The Morgan fingerprint density at radius 3 is 2.79 bits per heavy atom. The van der Waals surface area contributed by atoms with Crippen molar-refractivity contribution in [2.75, 3.05) is 0 Å². The third kappa shape index (κ3) is 1.97. The molecule has 0 radical (unpaired) electrons. The van der Waals surface area contributed by atoms with Crippen molar-refractivity contribution in [1.82, 2.24) is 9.55 Å². The molecule has 3 rings (SSSR count). The molecule has 1 N–H and O–H groups in total. The number of aromatic amines is 1. The Kier molecular flexibility index (Phi) is 2.92. The molecule has 0 atom stereocenters. The van der Waals surface area contributed by atoms with Crippen molar-refractivity contribution in [3.05, 3.63) is 57.6 Å². The first kappa shape index (κ1) is 12.4. The van der Waals surface area contributed by atoms with Gasteiger partial charge in [0.15, 0.2) is 4.77 Å². The van der Waals surface area contributed by atoms with Gasteiger partial charge in [-0.1, -0.05) is 17.7 Å². The van der Waals surface area contributed by atoms with E-state index in [4.69, 9.17) is 23.8 Å². The lowest BCUT2D eigenvalue weighted by Gasteiger charge is -2.06. The zero-order chi connectivity index (χ0) is 13.6. The Bertz CT molecular complexity index is 835. The Morgan fingerprint density at radius 1 is 1.26 bits per heavy atom. The number of rotatable bonds is 1. The number of para-hydroxylation sites is 1. The van der Waals surface area contributed by atoms with Crippen molar-refractivity contribution in [3.8, 4) is 5.69 Å². The lowest BCUT2D eigenvalue weighted by atomic mass is 10.2. The van der Waals surface area contributed by atoms with Crippen molar-refractivity contribution >= 4 is 34.9 Å². The van der Waals surface area contributed by atoms with E-state index in [1.54, 1.807) is 25.1 Å². The molecule has 0 unspecified atom stereocenters. The van der Waals surface area contributed by atoms with Crippen molar-refractivity contribution < 1.29 is 4.39 Å². The van der Waals surface area contributed by atoms with Crippen LogP contribution in [0.15, 0.2) is 36.4 Å². The van der Waals surface area contributed by atoms with Crippen LogP contribution < -0.4 is 0 Å². The van der Waals surface area contributed by atoms with Crippen LogP contribution in [0.5, 0.6) is 0 Å². The molecule has 5 heteroatoms. The predicted molar refractivity (Wildman–Crippen MR) is 78.2 cm³/mol. The number of benzene rings is 2. The summed E-state index contributed by atoms with van der Waals surface area (Å²) in [6, 6.07) is 10.5. The van der Waals surface area contributed by atoms with Gasteiger partial charge < -0.3 is 4.98 Å². The van der Waals surface area contributed by atoms with Crippen LogP contribution in [0.1, 0.15) is 5.56 Å². The standard InChI is InChI=1S/C14H10ClFN2S/c1-8-7-9(5-6-11(8)16)18-12-4-2-3-10(15)13(12)17-14(18)19/h2-7H,1H3,(H,17,19). The predicted octanol–water partition coefficient (Wildman–Crippen LogP) is 4.79. The van der Waals surface area contributed by atoms with Crippen LogP contribution in [0, 0.1) is 17.5 Å². The van der Waals surface area contributed by atoms with Gasteiger partial charge in [0.1, 0.15) is 5.82 Å². The van der Waals surface area contributed by atoms with Gasteiger partial charge in [0.2, 0.25) is 0 Å². The molecule has 2 nitrogen and oxygen atoms in total. The molecule has 0 aliphatic heterocycles. The van der Waals surface area contributed by atoms with Crippen molar-refractivity contribution in [2.45, 2.75) is 6.92 Å². The minimum atomic E-state index is -0.229. The van der Waals surface area contributed by atoms with Gasteiger partial charge in [-0.3, -0.25) is 4.57 Å². The van der Waals surface area contributed by atoms with Crippen molar-refractivity contribution in [2.24, 2.45) is 0 Å². The summed E-state index contributed by atoms with van der Waals surface area (Å²) in [5, 5.41) is 0.612. The second-order valence-electron chi connectivity index (χ2n) is 4.33. The summed E-state index contributed by atoms with van der Waals surface area (Å²) < 4.78 is 15.7. The highest BCUT2D eigenvalue weighted by Gasteiger charge is 2.09. The summed E-state index contributed by atoms with van der Waals surface area (Å²) in [5.41, 5.74) is 3.06. The number of nitrogens with one attached hydrogen (secondary N) is 1. The summed E-state index contributed by atoms with van der Waals surface area (Å²) in [7, 11) is 0. The van der Waals surface area contributed by atoms with Gasteiger partial charge in [0.25, 0.3) is 0 Å². The molecule has 96 valence electrons. The summed E-state index contributed by atoms with van der Waals surface area (Å²) in [6.07, 6.45) is 0. The molecule has 0 bridgehead atoms. The van der Waals surface area contributed by atoms with E-state index < -0.39 is 0 Å². The highest BCUT2D eigenvalue weighted by Crippen LogP contribution is 2.26. The number of hydrogen-bond donors (Lipinski definition) is 1. The first-order valence-electron chi connectivity index (χ1n) is 5.73. The zero-order valence-corrected chi connectivity index (χ0v) is 11.6. The molecular formula is C14H10ClFN2S. The maximum Gasteiger partial charge on any atom is 0.182 e. The molecular weight excluding hydrogens is 283 g/mol. The maximum atomic E-state index is 13.4. The molecule has 19 heavy (non-hydrogen) atoms. The summed E-state index contributed by atoms with van der Waals surface area (Å²) in [4.78, 5) is 3.08. The first-order valence-corrected chi connectivity index (χ1v) is 6.52. The normalized spacial score (nSPS) is 11.1. The average molecular weight is 293 g/mol. The fraction of sp³-hybridized carbons (Fsp3) is 0.0714. The molecule has 0 saturated heterocycles. The van der Waals surface area contributed by atoms with Crippen molar-refractivity contribution in [3.63, 3.8) is 0 Å². The van der Waals surface area contributed by atoms with Gasteiger partial charge in [-0.05, 0) is 55.0 Å². The number of aromatic nitrogens is 2. The minimum absolute atomic E-state index is 0.229. The second kappa shape index (κ2) is 4.47. The Hall–Kier alpha value is -1.65. The zero-order valence-electron chi connectivity index (χ0n) is 10.1. The summed E-state index contributed by atoms with van der Waals surface area (Å²) in [5.74, 6) is -0.229. The number of imidazole rings is 1. The number of nitrogens with zero attached hydrogens (tertiary/aromatic N) is 1. The SMILES string of the molecule is Cc1cc(-n2c(=S)[nH]c3c(Cl)cccc32)ccc1F. The van der Waals surface area contributed by atoms with Gasteiger partial charge in [-0.25, -0.2) is 4.39 Å². The van der Waals surface area contributed by atoms with Crippen LogP contribution in [0.3, 0.4) is 0 Å². The van der Waals surface area contributed by atoms with Crippen LogP contribution >= 0.6 is 23.8 Å². The maximum absolute atomic E-state index is 13.4. The van der Waals surface area contributed by atoms with E-state index in [2.05, 4.69) is 4.98 Å². The average Bonchev–Trinajstić information content (AvgIpc) is 2.71. The van der Waals surface area contributed by atoms with E-state index in [-0.39, 0.29) is 5.82 Å². The topological polar surface area (TPSA) is 20.7 Å². The lowest BCUT2D eigenvalue weighted by molar-refractivity contribution is 0.618. The number of fused-ring (bicyclic) bond motifs is 1. The molecule has 1 heterocycles. The summed E-state index contributed by atoms with van der Waals surface area (Å²) in [6.45, 7) is 1.73. The van der Waals surface area contributed by atoms with Gasteiger partial charge >= 0.3 is 0 Å². The van der Waals surface area contributed by atoms with Crippen LogP contribution in [-0.2, 0) is 0 Å². The molecule has 0 aliphatic rings. The van der Waals surface area contributed by atoms with Gasteiger partial charge in [-0.15, -0.1) is 0 Å². The molecule has 0 amide bonds. The summed E-state index contributed by atoms with van der Waals surface area (Å²) >= 11 is 11.5. The fourth-order valence-electron chi connectivity index (χ4n) is 2.12. The Morgan fingerprint density at radius 2 is 2.05 bits per heavy atom. The number of halogens is 2. The number of H-pyrrole nitrogens is 1. The molecule has 3 aromatic rings. The smallest absolute Gasteiger partial charge is 0.182 e. The molecule has 1 aromatic heterocycles. The number of aryl methyl sites for hydroxylation is 1. The largest absolute Gasteiger partial charge is 0.329 e. The van der Waals surface area contributed by atoms with Gasteiger partial charge in [-0.2, -0.15) is 0 Å². The molecule has 2 aromatic carbocycles. The van der Waals surface area contributed by atoms with Crippen molar-refractivity contribution in [1.29, 1.82) is 0 Å². The molecule has 0 aliphatic carbocycles. The van der Waals surface area contributed by atoms with E-state index in [9.17, 15) is 4.39 Å². The Labute approximate surface area is 119 Å². The van der Waals surface area contributed by atoms with E-state index in [1.807, 2.05) is 16.7 Å². The lowest BCUT2D eigenvalue weighted by Crippen LogP contribution is -1.95. The monoisotopic (exact) mass is 292 g/mol. The highest BCUT2D eigenvalue weighted by atomic mass is 35.5. The van der Waals surface area contributed by atoms with E-state index in [1.165, 1.54) is 6.07 Å². The second-order valence-corrected chi connectivity index (χ2v) is 5.13. The Balaban J connectivity index is 2.36. The first-order chi connectivity index (χ1) is 9.08. The van der Waals surface area contributed by atoms with E-state index >= 15 is 0 Å². The molecule has 0 saturated carbocycles. The van der Waals surface area contributed by atoms with Crippen LogP contribution in [0.2, 0.25) is 5.02 Å². The molecule has 0 fully saturated rings. The van der Waals surface area contributed by atoms with Crippen LogP contribution in [0.25, 0.3) is 16.7 Å². The van der Waals surface area contributed by atoms with E-state index in [0.717, 1.165) is 16.7 Å². The molecule has 0 spiro atoms. The fourth-order valence-corrected chi connectivity index (χ4v) is 2.64. The van der Waals surface area contributed by atoms with Crippen LogP contribution in [0.4, 0.5) is 4.39 Å². The van der Waals surface area contributed by atoms with E-state index in [0.29, 0.717) is 15.4 Å². The number of hydrogen-bond acceptors (Lipinski definition) is 1.